The maximum Gasteiger partial charge on any atom is 0.416 e. The van der Waals surface area contributed by atoms with Crippen LogP contribution in [0.25, 0.3) is 44.3 Å². The minimum Gasteiger partial charge on any atom is -0.437 e. The molecule has 0 spiro atoms. The van der Waals surface area contributed by atoms with E-state index in [0.717, 1.165) is 35.0 Å². The lowest BCUT2D eigenvalue weighted by Gasteiger charge is -2.10. The van der Waals surface area contributed by atoms with E-state index in [0.29, 0.717) is 56.7 Å². The van der Waals surface area contributed by atoms with E-state index in [-0.39, 0.29) is 11.8 Å². The molecule has 8 aromatic rings. The van der Waals surface area contributed by atoms with Crippen LogP contribution in [0.2, 0.25) is 0 Å². The number of halogens is 6. The van der Waals surface area contributed by atoms with Crippen LogP contribution in [-0.4, -0.2) is 29.9 Å². The van der Waals surface area contributed by atoms with Crippen LogP contribution in [0.3, 0.4) is 0 Å². The van der Waals surface area contributed by atoms with Gasteiger partial charge in [0.25, 0.3) is 0 Å². The second kappa shape index (κ2) is 15.2. The molecule has 10 nitrogen and oxygen atoms in total. The molecule has 0 unspecified atom stereocenters. The summed E-state index contributed by atoms with van der Waals surface area (Å²) >= 11 is 0. The van der Waals surface area contributed by atoms with Gasteiger partial charge in [0.2, 0.25) is 11.8 Å². The van der Waals surface area contributed by atoms with E-state index in [1.807, 2.05) is 36.4 Å². The summed E-state index contributed by atoms with van der Waals surface area (Å²) in [7, 11) is 0. The molecule has 56 heavy (non-hydrogen) atoms. The molecule has 4 aromatic carbocycles. The first-order valence-electron chi connectivity index (χ1n) is 16.5. The van der Waals surface area contributed by atoms with E-state index >= 15 is 0 Å². The van der Waals surface area contributed by atoms with Crippen LogP contribution in [-0.2, 0) is 12.4 Å². The number of rotatable bonds is 6. The molecular weight excluding hydrogens is 738 g/mol. The predicted molar refractivity (Wildman–Crippen MR) is 197 cm³/mol. The summed E-state index contributed by atoms with van der Waals surface area (Å²) in [5.41, 5.74) is 13.1. The molecule has 0 saturated heterocycles. The first-order valence-corrected chi connectivity index (χ1v) is 16.5. The maximum atomic E-state index is 12.7. The Morgan fingerprint density at radius 1 is 0.446 bits per heavy atom. The van der Waals surface area contributed by atoms with Crippen LogP contribution in [0.4, 0.5) is 38.0 Å². The third kappa shape index (κ3) is 8.54. The lowest BCUT2D eigenvalue weighted by atomic mass is 10.1. The summed E-state index contributed by atoms with van der Waals surface area (Å²) in [4.78, 5) is 24.9. The third-order valence-electron chi connectivity index (χ3n) is 8.14. The van der Waals surface area contributed by atoms with Gasteiger partial charge in [-0.25, -0.2) is 29.9 Å². The molecular formula is C40H26F6N8O2. The van der Waals surface area contributed by atoms with Crippen molar-refractivity contribution in [3.8, 4) is 45.8 Å². The van der Waals surface area contributed by atoms with Gasteiger partial charge in [0, 0.05) is 34.0 Å². The van der Waals surface area contributed by atoms with Crippen LogP contribution in [0, 0.1) is 0 Å². The van der Waals surface area contributed by atoms with Crippen LogP contribution < -0.4 is 20.9 Å². The number of benzene rings is 4. The van der Waals surface area contributed by atoms with E-state index in [1.54, 1.807) is 36.4 Å². The van der Waals surface area contributed by atoms with Crippen molar-refractivity contribution in [2.45, 2.75) is 12.4 Å². The summed E-state index contributed by atoms with van der Waals surface area (Å²) in [5.74, 6) is 2.11. The zero-order valence-corrected chi connectivity index (χ0v) is 28.6. The van der Waals surface area contributed by atoms with Crippen molar-refractivity contribution in [2.75, 3.05) is 11.5 Å². The van der Waals surface area contributed by atoms with Gasteiger partial charge in [-0.1, -0.05) is 48.5 Å². The standard InChI is InChI=1S/2C20H13F3N4O/c2*21-20(22,23)14-7-4-12(5-8-14)15-10-18(26-11-25-15)28-16-3-1-2-13-6-9-17(24)27-19(13)16/h2*1-11H,(H2,24,27). The number of para-hydroxylation sites is 2. The normalized spacial score (nSPS) is 11.5. The number of hydrogen-bond donors (Lipinski definition) is 2. The van der Waals surface area contributed by atoms with E-state index in [4.69, 9.17) is 20.9 Å². The molecule has 4 N–H and O–H groups in total. The number of hydrogen-bond acceptors (Lipinski definition) is 10. The monoisotopic (exact) mass is 764 g/mol. The van der Waals surface area contributed by atoms with Gasteiger partial charge in [0.05, 0.1) is 22.5 Å². The van der Waals surface area contributed by atoms with Crippen LogP contribution in [0.1, 0.15) is 11.1 Å². The number of ether oxygens (including phenoxy) is 2. The van der Waals surface area contributed by atoms with Crippen LogP contribution >= 0.6 is 0 Å². The average molecular weight is 765 g/mol. The predicted octanol–water partition coefficient (Wildman–Crippen LogP) is 10.2. The molecule has 0 atom stereocenters. The highest BCUT2D eigenvalue weighted by atomic mass is 19.4. The van der Waals surface area contributed by atoms with Crippen molar-refractivity contribution < 1.29 is 35.8 Å². The summed E-state index contributed by atoms with van der Waals surface area (Å²) in [5, 5.41) is 1.70. The molecule has 4 aromatic heterocycles. The Balaban J connectivity index is 0.000000172. The molecule has 0 bridgehead atoms. The van der Waals surface area contributed by atoms with Gasteiger partial charge in [-0.15, -0.1) is 0 Å². The molecule has 0 aliphatic carbocycles. The number of nitrogens with two attached hydrogens (primary N) is 2. The average Bonchev–Trinajstić information content (AvgIpc) is 3.18. The zero-order valence-electron chi connectivity index (χ0n) is 28.6. The van der Waals surface area contributed by atoms with E-state index in [9.17, 15) is 26.3 Å². The summed E-state index contributed by atoms with van der Waals surface area (Å²) in [6, 6.07) is 30.5. The molecule has 4 heterocycles. The molecule has 0 amide bonds. The lowest BCUT2D eigenvalue weighted by Crippen LogP contribution is -2.04. The Hall–Kier alpha value is -7.36. The number of aromatic nitrogens is 6. The van der Waals surface area contributed by atoms with Crippen LogP contribution in [0.15, 0.2) is 134 Å². The number of anilines is 2. The van der Waals surface area contributed by atoms with Crippen molar-refractivity contribution in [1.82, 2.24) is 29.9 Å². The molecule has 8 rings (SSSR count). The molecule has 0 saturated carbocycles. The highest BCUT2D eigenvalue weighted by Gasteiger charge is 2.31. The molecule has 0 fully saturated rings. The van der Waals surface area contributed by atoms with Gasteiger partial charge >= 0.3 is 12.4 Å². The topological polar surface area (TPSA) is 148 Å². The van der Waals surface area contributed by atoms with Gasteiger partial charge in [0.1, 0.15) is 35.3 Å². The lowest BCUT2D eigenvalue weighted by molar-refractivity contribution is -0.138. The van der Waals surface area contributed by atoms with E-state index in [2.05, 4.69) is 29.9 Å². The van der Waals surface area contributed by atoms with Gasteiger partial charge in [0.15, 0.2) is 11.5 Å². The maximum absolute atomic E-state index is 12.7. The highest BCUT2D eigenvalue weighted by molar-refractivity contribution is 5.86. The molecule has 0 radical (unpaired) electrons. The quantitative estimate of drug-likeness (QED) is 0.157. The molecule has 16 heteroatoms. The van der Waals surface area contributed by atoms with E-state index < -0.39 is 23.5 Å². The smallest absolute Gasteiger partial charge is 0.416 e. The first-order chi connectivity index (χ1) is 26.8. The third-order valence-corrected chi connectivity index (χ3v) is 8.14. The fraction of sp³-hybridized carbons (Fsp3) is 0.0500. The Bertz CT molecular complexity index is 2470. The van der Waals surface area contributed by atoms with Gasteiger partial charge in [-0.3, -0.25) is 0 Å². The van der Waals surface area contributed by atoms with Gasteiger partial charge in [-0.2, -0.15) is 26.3 Å². The summed E-state index contributed by atoms with van der Waals surface area (Å²) in [6.45, 7) is 0. The SMILES string of the molecule is Nc1ccc2cccc(Oc3cc(-c4ccc(C(F)(F)F)cc4)ncn3)c2n1.Nc1ccc2cccc(Oc3cc(-c4ccc(C(F)(F)F)cc4)ncn3)c2n1. The summed E-state index contributed by atoms with van der Waals surface area (Å²) in [6.07, 6.45) is -6.20. The van der Waals surface area contributed by atoms with Crippen molar-refractivity contribution in [3.05, 3.63) is 145 Å². The van der Waals surface area contributed by atoms with Gasteiger partial charge in [-0.05, 0) is 60.7 Å². The van der Waals surface area contributed by atoms with Crippen LogP contribution in [0.5, 0.6) is 23.3 Å². The first kappa shape index (κ1) is 37.0. The number of pyridine rings is 2. The number of nitrogens with zero attached hydrogens (tertiary/aromatic N) is 6. The minimum atomic E-state index is -4.39. The van der Waals surface area contributed by atoms with Crippen molar-refractivity contribution in [1.29, 1.82) is 0 Å². The van der Waals surface area contributed by atoms with E-state index in [1.165, 1.54) is 36.9 Å². The summed E-state index contributed by atoms with van der Waals surface area (Å²) < 4.78 is 88.0. The zero-order chi connectivity index (χ0) is 39.5. The number of nitrogen functional groups attached to an aromatic ring is 2. The Morgan fingerprint density at radius 3 is 1.21 bits per heavy atom. The Labute approximate surface area is 313 Å². The van der Waals surface area contributed by atoms with Crippen molar-refractivity contribution in [3.63, 3.8) is 0 Å². The fourth-order valence-corrected chi connectivity index (χ4v) is 5.43. The minimum absolute atomic E-state index is 0.238. The molecule has 0 aliphatic rings. The fourth-order valence-electron chi connectivity index (χ4n) is 5.43. The second-order valence-corrected chi connectivity index (χ2v) is 12.0. The largest absolute Gasteiger partial charge is 0.437 e. The number of alkyl halides is 6. The Kier molecular flexibility index (Phi) is 10.0. The highest BCUT2D eigenvalue weighted by Crippen LogP contribution is 2.34. The van der Waals surface area contributed by atoms with Gasteiger partial charge < -0.3 is 20.9 Å². The second-order valence-electron chi connectivity index (χ2n) is 12.0. The van der Waals surface area contributed by atoms with Crippen molar-refractivity contribution in [2.24, 2.45) is 0 Å². The number of fused-ring (bicyclic) bond motifs is 2. The molecule has 0 aliphatic heterocycles. The Morgan fingerprint density at radius 2 is 0.839 bits per heavy atom. The van der Waals surface area contributed by atoms with Crippen molar-refractivity contribution >= 4 is 33.4 Å². The molecule has 280 valence electrons.